The molecule has 3 aromatic carbocycles. The van der Waals surface area contributed by atoms with E-state index in [0.717, 1.165) is 27.3 Å². The summed E-state index contributed by atoms with van der Waals surface area (Å²) in [6.45, 7) is 5.88. The van der Waals surface area contributed by atoms with Crippen molar-refractivity contribution in [3.63, 3.8) is 0 Å². The van der Waals surface area contributed by atoms with Gasteiger partial charge in [0.25, 0.3) is 11.8 Å². The van der Waals surface area contributed by atoms with E-state index in [4.69, 9.17) is 0 Å². The van der Waals surface area contributed by atoms with Crippen LogP contribution < -0.4 is 5.43 Å². The summed E-state index contributed by atoms with van der Waals surface area (Å²) in [5.41, 5.74) is 6.53. The van der Waals surface area contributed by atoms with Gasteiger partial charge in [0.15, 0.2) is 0 Å². The molecule has 2 aliphatic heterocycles. The lowest BCUT2D eigenvalue weighted by Crippen LogP contribution is -2.53. The third kappa shape index (κ3) is 3.82. The minimum atomic E-state index is -1.31. The highest BCUT2D eigenvalue weighted by Crippen LogP contribution is 2.64. The fourth-order valence-electron chi connectivity index (χ4n) is 8.36. The molecule has 0 bridgehead atoms. The van der Waals surface area contributed by atoms with Gasteiger partial charge >= 0.3 is 0 Å². The number of fused-ring (bicyclic) bond motifs is 4. The monoisotopic (exact) mass is 589 g/mol. The predicted octanol–water partition coefficient (Wildman–Crippen LogP) is 5.01. The van der Waals surface area contributed by atoms with Crippen LogP contribution in [0.2, 0.25) is 0 Å². The van der Waals surface area contributed by atoms with Gasteiger partial charge in [-0.1, -0.05) is 71.8 Å². The zero-order chi connectivity index (χ0) is 30.9. The lowest BCUT2D eigenvalue weighted by molar-refractivity contribution is -0.141. The molecule has 0 spiro atoms. The van der Waals surface area contributed by atoms with Crippen LogP contribution >= 0.6 is 0 Å². The number of nitrogens with zero attached hydrogens (tertiary/aromatic N) is 2. The van der Waals surface area contributed by atoms with E-state index in [1.54, 1.807) is 13.0 Å². The number of hydrogen-bond acceptors (Lipinski definition) is 6. The van der Waals surface area contributed by atoms with Crippen LogP contribution in [0.4, 0.5) is 5.69 Å². The summed E-state index contributed by atoms with van der Waals surface area (Å²) < 4.78 is 0. The average molecular weight is 590 g/mol. The first-order valence-corrected chi connectivity index (χ1v) is 15.3. The number of hydrogen-bond donors (Lipinski definition) is 2. The molecule has 4 amide bonds. The standard InChI is InChI=1S/C36H35N3O5/c1-4-38-32(41)26-16-15-25-27(30(26)34(38)43)19-28-33(42)39(37-24-13-10-20(2)11-14-24)35(44)36(28,23-8-6-5-7-9-23)31(25)22-12-17-29(40)21(3)18-22/h5-15,17-18,26-28,30-31,37,40H,4,16,19H2,1-3H3/t26-,27+,28-,30-,31-,36+/m0/s1. The van der Waals surface area contributed by atoms with Crippen molar-refractivity contribution in [2.75, 3.05) is 12.0 Å². The van der Waals surface area contributed by atoms with Gasteiger partial charge in [0.05, 0.1) is 28.9 Å². The summed E-state index contributed by atoms with van der Waals surface area (Å²) in [5, 5.41) is 11.6. The minimum Gasteiger partial charge on any atom is -0.508 e. The lowest BCUT2D eigenvalue weighted by Gasteiger charge is -2.50. The molecule has 0 aromatic heterocycles. The number of phenols is 1. The Morgan fingerprint density at radius 2 is 1.61 bits per heavy atom. The Kier molecular flexibility index (Phi) is 6.50. The van der Waals surface area contributed by atoms with Gasteiger partial charge < -0.3 is 5.11 Å². The first-order valence-electron chi connectivity index (χ1n) is 15.3. The van der Waals surface area contributed by atoms with Crippen molar-refractivity contribution in [2.45, 2.75) is 44.9 Å². The molecular weight excluding hydrogens is 554 g/mol. The highest BCUT2D eigenvalue weighted by atomic mass is 16.3. The second-order valence-corrected chi connectivity index (χ2v) is 12.6. The molecule has 3 fully saturated rings. The first-order chi connectivity index (χ1) is 21.2. The Bertz CT molecular complexity index is 1730. The number of aromatic hydroxyl groups is 1. The van der Waals surface area contributed by atoms with Crippen molar-refractivity contribution in [3.05, 3.63) is 107 Å². The summed E-state index contributed by atoms with van der Waals surface area (Å²) >= 11 is 0. The second kappa shape index (κ2) is 10.2. The van der Waals surface area contributed by atoms with Gasteiger partial charge in [0, 0.05) is 12.5 Å². The molecule has 3 aromatic rings. The van der Waals surface area contributed by atoms with Gasteiger partial charge in [-0.2, -0.15) is 5.01 Å². The topological polar surface area (TPSA) is 107 Å². The van der Waals surface area contributed by atoms with E-state index in [2.05, 4.69) is 11.5 Å². The van der Waals surface area contributed by atoms with Crippen molar-refractivity contribution < 1.29 is 24.3 Å². The Hall–Kier alpha value is -4.72. The van der Waals surface area contributed by atoms with Crippen LogP contribution in [0.5, 0.6) is 5.75 Å². The Balaban J connectivity index is 1.46. The van der Waals surface area contributed by atoms with Crippen molar-refractivity contribution in [1.29, 1.82) is 0 Å². The van der Waals surface area contributed by atoms with E-state index in [9.17, 15) is 19.5 Å². The molecule has 7 rings (SSSR count). The molecule has 2 heterocycles. The maximum Gasteiger partial charge on any atom is 0.260 e. The summed E-state index contributed by atoms with van der Waals surface area (Å²) in [7, 11) is 0. The third-order valence-electron chi connectivity index (χ3n) is 10.4. The summed E-state index contributed by atoms with van der Waals surface area (Å²) in [6, 6.07) is 22.3. The van der Waals surface area contributed by atoms with Gasteiger partial charge in [0.1, 0.15) is 5.75 Å². The molecule has 0 unspecified atom stereocenters. The maximum atomic E-state index is 15.0. The fourth-order valence-corrected chi connectivity index (χ4v) is 8.36. The Morgan fingerprint density at radius 3 is 2.30 bits per heavy atom. The molecular formula is C36H35N3O5. The number of benzene rings is 3. The van der Waals surface area contributed by atoms with Gasteiger partial charge in [-0.05, 0) is 74.4 Å². The number of aryl methyl sites for hydroxylation is 2. The number of allylic oxidation sites excluding steroid dienone is 2. The van der Waals surface area contributed by atoms with Gasteiger partial charge in [-0.25, -0.2) is 0 Å². The number of carbonyl (C=O) groups is 4. The lowest BCUT2D eigenvalue weighted by atomic mass is 9.49. The molecule has 4 aliphatic rings. The second-order valence-electron chi connectivity index (χ2n) is 12.6. The number of nitrogens with one attached hydrogen (secondary N) is 1. The molecule has 1 saturated carbocycles. The van der Waals surface area contributed by atoms with Crippen LogP contribution in [0, 0.1) is 37.5 Å². The van der Waals surface area contributed by atoms with E-state index >= 15 is 4.79 Å². The average Bonchev–Trinajstić information content (AvgIpc) is 3.40. The molecule has 2 N–H and O–H groups in total. The van der Waals surface area contributed by atoms with Gasteiger partial charge in [-0.15, -0.1) is 0 Å². The molecule has 224 valence electrons. The zero-order valence-electron chi connectivity index (χ0n) is 25.0. The minimum absolute atomic E-state index is 0.135. The molecule has 44 heavy (non-hydrogen) atoms. The number of hydrazine groups is 1. The van der Waals surface area contributed by atoms with Crippen molar-refractivity contribution >= 4 is 29.3 Å². The fraction of sp³-hybridized carbons (Fsp3) is 0.333. The number of carbonyl (C=O) groups excluding carboxylic acids is 4. The normalized spacial score (nSPS) is 29.3. The van der Waals surface area contributed by atoms with E-state index in [0.29, 0.717) is 24.2 Å². The zero-order valence-corrected chi connectivity index (χ0v) is 25.0. The van der Waals surface area contributed by atoms with Gasteiger partial charge in [0.2, 0.25) is 11.8 Å². The first kappa shape index (κ1) is 28.1. The molecule has 8 nitrogen and oxygen atoms in total. The quantitative estimate of drug-likeness (QED) is 0.320. The number of likely N-dealkylation sites (tertiary alicyclic amines) is 1. The van der Waals surface area contributed by atoms with Crippen LogP contribution in [0.1, 0.15) is 47.9 Å². The van der Waals surface area contributed by atoms with Crippen molar-refractivity contribution in [1.82, 2.24) is 9.91 Å². The molecule has 0 radical (unpaired) electrons. The smallest absolute Gasteiger partial charge is 0.260 e. The Labute approximate surface area is 256 Å². The molecule has 2 aliphatic carbocycles. The number of rotatable bonds is 5. The van der Waals surface area contributed by atoms with Gasteiger partial charge in [-0.3, -0.25) is 29.5 Å². The van der Waals surface area contributed by atoms with E-state index in [-0.39, 0.29) is 35.8 Å². The summed E-state index contributed by atoms with van der Waals surface area (Å²) in [5.74, 6) is -3.79. The van der Waals surface area contributed by atoms with Crippen LogP contribution in [0.3, 0.4) is 0 Å². The van der Waals surface area contributed by atoms with Crippen molar-refractivity contribution in [3.8, 4) is 5.75 Å². The molecule has 2 saturated heterocycles. The highest BCUT2D eigenvalue weighted by molar-refractivity contribution is 6.13. The Morgan fingerprint density at radius 1 is 0.886 bits per heavy atom. The number of amides is 4. The molecule has 6 atom stereocenters. The van der Waals surface area contributed by atoms with Crippen LogP contribution in [0.15, 0.2) is 84.4 Å². The maximum absolute atomic E-state index is 15.0. The van der Waals surface area contributed by atoms with Crippen LogP contribution in [-0.2, 0) is 24.6 Å². The number of anilines is 1. The number of imide groups is 2. The van der Waals surface area contributed by atoms with E-state index < -0.39 is 35.0 Å². The summed E-state index contributed by atoms with van der Waals surface area (Å²) in [4.78, 5) is 58.0. The van der Waals surface area contributed by atoms with Crippen molar-refractivity contribution in [2.24, 2.45) is 23.7 Å². The predicted molar refractivity (Wildman–Crippen MR) is 164 cm³/mol. The summed E-state index contributed by atoms with van der Waals surface area (Å²) in [6.07, 6.45) is 2.72. The van der Waals surface area contributed by atoms with Crippen LogP contribution in [0.25, 0.3) is 0 Å². The SMILES string of the molecule is CCN1C(=O)[C@H]2[C@H](CC=C3[C@H]2C[C@H]2C(=O)N(Nc4ccc(C)cc4)C(=O)[C@@]2(c2ccccc2)[C@H]3c2ccc(O)c(C)c2)C1=O. The number of phenolic OH excluding ortho intramolecular Hbond substituents is 1. The molecule has 8 heteroatoms. The largest absolute Gasteiger partial charge is 0.508 e. The van der Waals surface area contributed by atoms with E-state index in [1.165, 1.54) is 4.90 Å². The third-order valence-corrected chi connectivity index (χ3v) is 10.4. The van der Waals surface area contributed by atoms with Crippen LogP contribution in [-0.4, -0.2) is 45.2 Å². The highest BCUT2D eigenvalue weighted by Gasteiger charge is 2.70. The van der Waals surface area contributed by atoms with E-state index in [1.807, 2.05) is 80.6 Å².